The van der Waals surface area contributed by atoms with Crippen molar-refractivity contribution in [3.8, 4) is 0 Å². The van der Waals surface area contributed by atoms with Gasteiger partial charge in [-0.05, 0) is 32.1 Å². The molecule has 0 heterocycles. The molecule has 80 valence electrons. The zero-order valence-corrected chi connectivity index (χ0v) is 9.55. The minimum absolute atomic E-state index is 0.215. The second-order valence-electron chi connectivity index (χ2n) is 4.04. The number of ether oxygens (including phenoxy) is 1. The highest BCUT2D eigenvalue weighted by Crippen LogP contribution is 2.11. The molecule has 0 aliphatic rings. The molecule has 0 aromatic rings. The van der Waals surface area contributed by atoms with Gasteiger partial charge < -0.3 is 10.5 Å². The van der Waals surface area contributed by atoms with Crippen molar-refractivity contribution in [1.82, 2.24) is 0 Å². The molecule has 0 aromatic heterocycles. The molecule has 0 fully saturated rings. The van der Waals surface area contributed by atoms with Crippen LogP contribution in [0, 0.1) is 5.92 Å². The Bertz CT molecular complexity index is 115. The minimum atomic E-state index is 0.215. The van der Waals surface area contributed by atoms with Crippen LogP contribution in [-0.2, 0) is 4.74 Å². The third-order valence-electron chi connectivity index (χ3n) is 2.34. The van der Waals surface area contributed by atoms with Crippen LogP contribution in [0.25, 0.3) is 0 Å². The summed E-state index contributed by atoms with van der Waals surface area (Å²) in [4.78, 5) is 0. The summed E-state index contributed by atoms with van der Waals surface area (Å²) in [6.07, 6.45) is 3.55. The summed E-state index contributed by atoms with van der Waals surface area (Å²) >= 11 is 0. The van der Waals surface area contributed by atoms with E-state index in [2.05, 4.69) is 20.8 Å². The van der Waals surface area contributed by atoms with E-state index in [4.69, 9.17) is 10.5 Å². The Morgan fingerprint density at radius 1 is 1.15 bits per heavy atom. The van der Waals surface area contributed by atoms with Crippen LogP contribution in [0.3, 0.4) is 0 Å². The monoisotopic (exact) mass is 187 g/mol. The lowest BCUT2D eigenvalue weighted by Crippen LogP contribution is -2.36. The number of hydrogen-bond acceptors (Lipinski definition) is 2. The molecule has 0 aliphatic heterocycles. The van der Waals surface area contributed by atoms with Crippen LogP contribution in [0.15, 0.2) is 0 Å². The van der Waals surface area contributed by atoms with E-state index in [0.29, 0.717) is 0 Å². The first-order chi connectivity index (χ1) is 6.11. The summed E-state index contributed by atoms with van der Waals surface area (Å²) in [5.41, 5.74) is 6.04. The van der Waals surface area contributed by atoms with E-state index in [-0.39, 0.29) is 12.1 Å². The normalized spacial score (nSPS) is 16.2. The molecule has 0 bridgehead atoms. The van der Waals surface area contributed by atoms with Crippen LogP contribution in [0.4, 0.5) is 0 Å². The fourth-order valence-corrected chi connectivity index (χ4v) is 1.47. The second kappa shape index (κ2) is 7.34. The molecule has 0 aliphatic carbocycles. The molecule has 13 heavy (non-hydrogen) atoms. The molecule has 2 N–H and O–H groups in total. The van der Waals surface area contributed by atoms with Crippen LogP contribution in [0.5, 0.6) is 0 Å². The Labute approximate surface area is 82.8 Å². The number of rotatable bonds is 7. The minimum Gasteiger partial charge on any atom is -0.377 e. The summed E-state index contributed by atoms with van der Waals surface area (Å²) in [6.45, 7) is 9.39. The fraction of sp³-hybridized carbons (Fsp3) is 1.00. The van der Waals surface area contributed by atoms with E-state index in [9.17, 15) is 0 Å². The predicted molar refractivity (Wildman–Crippen MR) is 57.8 cm³/mol. The van der Waals surface area contributed by atoms with Gasteiger partial charge in [-0.1, -0.05) is 20.8 Å². The molecule has 0 saturated heterocycles. The quantitative estimate of drug-likeness (QED) is 0.665. The van der Waals surface area contributed by atoms with Gasteiger partial charge in [0.15, 0.2) is 0 Å². The molecular weight excluding hydrogens is 162 g/mol. The van der Waals surface area contributed by atoms with Gasteiger partial charge in [-0.25, -0.2) is 0 Å². The third-order valence-corrected chi connectivity index (χ3v) is 2.34. The van der Waals surface area contributed by atoms with Crippen LogP contribution in [-0.4, -0.2) is 18.8 Å². The lowest BCUT2D eigenvalue weighted by Gasteiger charge is -2.23. The maximum Gasteiger partial charge on any atom is 0.0723 e. The molecular formula is C11H25NO. The highest BCUT2D eigenvalue weighted by atomic mass is 16.5. The van der Waals surface area contributed by atoms with Gasteiger partial charge in [-0.3, -0.25) is 0 Å². The summed E-state index contributed by atoms with van der Waals surface area (Å²) in [5.74, 6) is 0.741. The van der Waals surface area contributed by atoms with Crippen molar-refractivity contribution in [2.45, 2.75) is 59.1 Å². The molecule has 0 saturated carbocycles. The van der Waals surface area contributed by atoms with E-state index >= 15 is 0 Å². The van der Waals surface area contributed by atoms with E-state index < -0.39 is 0 Å². The van der Waals surface area contributed by atoms with Crippen LogP contribution in [0.1, 0.15) is 47.0 Å². The first-order valence-corrected chi connectivity index (χ1v) is 5.48. The zero-order chi connectivity index (χ0) is 10.3. The largest absolute Gasteiger partial charge is 0.377 e. The molecule has 2 heteroatoms. The van der Waals surface area contributed by atoms with Crippen LogP contribution in [0.2, 0.25) is 0 Å². The van der Waals surface area contributed by atoms with E-state index in [1.165, 1.54) is 6.42 Å². The fourth-order valence-electron chi connectivity index (χ4n) is 1.47. The van der Waals surface area contributed by atoms with Gasteiger partial charge in [0.05, 0.1) is 6.10 Å². The van der Waals surface area contributed by atoms with Crippen molar-refractivity contribution in [1.29, 1.82) is 0 Å². The summed E-state index contributed by atoms with van der Waals surface area (Å²) in [6, 6.07) is 0.215. The van der Waals surface area contributed by atoms with Crippen molar-refractivity contribution < 1.29 is 4.74 Å². The van der Waals surface area contributed by atoms with Crippen molar-refractivity contribution in [2.24, 2.45) is 11.7 Å². The third kappa shape index (κ3) is 6.05. The Morgan fingerprint density at radius 2 is 1.77 bits per heavy atom. The highest BCUT2D eigenvalue weighted by molar-refractivity contribution is 4.72. The van der Waals surface area contributed by atoms with Crippen molar-refractivity contribution in [3.05, 3.63) is 0 Å². The topological polar surface area (TPSA) is 35.2 Å². The molecule has 0 amide bonds. The molecule has 2 atom stereocenters. The van der Waals surface area contributed by atoms with E-state index in [1.54, 1.807) is 0 Å². The lowest BCUT2D eigenvalue weighted by molar-refractivity contribution is 0.0385. The average molecular weight is 187 g/mol. The molecule has 0 rings (SSSR count). The van der Waals surface area contributed by atoms with Gasteiger partial charge in [-0.15, -0.1) is 0 Å². The maximum absolute atomic E-state index is 6.04. The summed E-state index contributed by atoms with van der Waals surface area (Å²) in [5, 5.41) is 0. The molecule has 0 aromatic carbocycles. The molecule has 0 spiro atoms. The van der Waals surface area contributed by atoms with Crippen LogP contribution >= 0.6 is 0 Å². The summed E-state index contributed by atoms with van der Waals surface area (Å²) < 4.78 is 5.56. The Hall–Kier alpha value is -0.0800. The van der Waals surface area contributed by atoms with Crippen molar-refractivity contribution >= 4 is 0 Å². The smallest absolute Gasteiger partial charge is 0.0723 e. The zero-order valence-electron chi connectivity index (χ0n) is 9.55. The molecule has 0 radical (unpaired) electrons. The van der Waals surface area contributed by atoms with Gasteiger partial charge in [-0.2, -0.15) is 0 Å². The van der Waals surface area contributed by atoms with Gasteiger partial charge in [0.2, 0.25) is 0 Å². The van der Waals surface area contributed by atoms with Crippen molar-refractivity contribution in [3.63, 3.8) is 0 Å². The summed E-state index contributed by atoms with van der Waals surface area (Å²) in [7, 11) is 0. The van der Waals surface area contributed by atoms with E-state index in [0.717, 1.165) is 25.4 Å². The second-order valence-corrected chi connectivity index (χ2v) is 4.04. The Morgan fingerprint density at radius 3 is 2.15 bits per heavy atom. The lowest BCUT2D eigenvalue weighted by atomic mass is 9.99. The van der Waals surface area contributed by atoms with E-state index in [1.807, 2.05) is 6.92 Å². The van der Waals surface area contributed by atoms with Gasteiger partial charge in [0, 0.05) is 12.6 Å². The maximum atomic E-state index is 6.04. The highest BCUT2D eigenvalue weighted by Gasteiger charge is 2.15. The average Bonchev–Trinajstić information content (AvgIpc) is 2.10. The first kappa shape index (κ1) is 12.9. The van der Waals surface area contributed by atoms with Gasteiger partial charge in [0.1, 0.15) is 0 Å². The predicted octanol–water partition coefficient (Wildman–Crippen LogP) is 2.57. The Kier molecular flexibility index (Phi) is 7.29. The molecule has 2 unspecified atom stereocenters. The number of nitrogens with two attached hydrogens (primary N) is 1. The Balaban J connectivity index is 3.69. The molecule has 2 nitrogen and oxygen atoms in total. The van der Waals surface area contributed by atoms with Gasteiger partial charge >= 0.3 is 0 Å². The van der Waals surface area contributed by atoms with Crippen LogP contribution < -0.4 is 5.73 Å². The van der Waals surface area contributed by atoms with Crippen molar-refractivity contribution in [2.75, 3.05) is 6.61 Å². The van der Waals surface area contributed by atoms with Gasteiger partial charge in [0.25, 0.3) is 0 Å². The SMILES string of the molecule is CCOC(CC)C(N)CCC(C)C. The first-order valence-electron chi connectivity index (χ1n) is 5.48. The number of hydrogen-bond donors (Lipinski definition) is 1. The standard InChI is InChI=1S/C11H25NO/c1-5-11(13-6-2)10(12)8-7-9(3)4/h9-11H,5-8,12H2,1-4H3.